The second-order valence-corrected chi connectivity index (χ2v) is 4.40. The molecule has 1 aliphatic heterocycles. The highest BCUT2D eigenvalue weighted by Crippen LogP contribution is 2.37. The zero-order valence-corrected chi connectivity index (χ0v) is 10.5. The Morgan fingerprint density at radius 1 is 1.00 bits per heavy atom. The summed E-state index contributed by atoms with van der Waals surface area (Å²) in [6.07, 6.45) is 0. The van der Waals surface area contributed by atoms with Crippen molar-refractivity contribution in [3.05, 3.63) is 42.0 Å². The third-order valence-corrected chi connectivity index (χ3v) is 3.10. The average molecular weight is 272 g/mol. The van der Waals surface area contributed by atoms with Crippen LogP contribution in [0.5, 0.6) is 17.2 Å². The lowest BCUT2D eigenvalue weighted by molar-refractivity contribution is 0.0696. The van der Waals surface area contributed by atoms with Crippen molar-refractivity contribution < 1.29 is 24.5 Å². The zero-order chi connectivity index (χ0) is 14.1. The van der Waals surface area contributed by atoms with Gasteiger partial charge < -0.3 is 19.7 Å². The van der Waals surface area contributed by atoms with Crippen molar-refractivity contribution in [3.63, 3.8) is 0 Å². The number of phenolic OH excluding ortho intramolecular Hbond substituents is 1. The quantitative estimate of drug-likeness (QED) is 0.878. The van der Waals surface area contributed by atoms with E-state index in [-0.39, 0.29) is 11.3 Å². The molecular formula is C15H12O5. The van der Waals surface area contributed by atoms with Crippen LogP contribution in [0.1, 0.15) is 10.4 Å². The van der Waals surface area contributed by atoms with Gasteiger partial charge in [0.1, 0.15) is 19.0 Å². The van der Waals surface area contributed by atoms with Crippen LogP contribution in [0.4, 0.5) is 0 Å². The van der Waals surface area contributed by atoms with Crippen LogP contribution in [-0.4, -0.2) is 29.4 Å². The molecule has 0 aromatic heterocycles. The minimum Gasteiger partial charge on any atom is -0.507 e. The molecule has 0 aliphatic carbocycles. The van der Waals surface area contributed by atoms with Crippen LogP contribution in [-0.2, 0) is 0 Å². The van der Waals surface area contributed by atoms with Gasteiger partial charge >= 0.3 is 5.97 Å². The van der Waals surface area contributed by atoms with Crippen molar-refractivity contribution in [1.82, 2.24) is 0 Å². The Bertz CT molecular complexity index is 678. The van der Waals surface area contributed by atoms with Gasteiger partial charge in [-0.2, -0.15) is 0 Å². The number of aromatic carboxylic acids is 1. The van der Waals surface area contributed by atoms with E-state index in [1.807, 2.05) is 0 Å². The second-order valence-electron chi connectivity index (χ2n) is 4.40. The number of benzene rings is 2. The first kappa shape index (κ1) is 12.3. The number of carboxylic acids is 1. The minimum absolute atomic E-state index is 0.0452. The molecule has 0 fully saturated rings. The molecule has 20 heavy (non-hydrogen) atoms. The van der Waals surface area contributed by atoms with Crippen LogP contribution in [0.3, 0.4) is 0 Å². The normalized spacial score (nSPS) is 13.0. The highest BCUT2D eigenvalue weighted by molar-refractivity contribution is 5.89. The van der Waals surface area contributed by atoms with Crippen molar-refractivity contribution in [2.45, 2.75) is 0 Å². The van der Waals surface area contributed by atoms with E-state index in [0.717, 1.165) is 5.56 Å². The fourth-order valence-electron chi connectivity index (χ4n) is 2.12. The molecule has 2 aromatic rings. The number of fused-ring (bicyclic) bond motifs is 1. The lowest BCUT2D eigenvalue weighted by Crippen LogP contribution is -2.15. The zero-order valence-electron chi connectivity index (χ0n) is 10.5. The average Bonchev–Trinajstić information content (AvgIpc) is 2.46. The number of aromatic hydroxyl groups is 1. The molecule has 0 unspecified atom stereocenters. The molecule has 102 valence electrons. The van der Waals surface area contributed by atoms with E-state index < -0.39 is 5.97 Å². The monoisotopic (exact) mass is 272 g/mol. The van der Waals surface area contributed by atoms with Gasteiger partial charge in [-0.3, -0.25) is 0 Å². The summed E-state index contributed by atoms with van der Waals surface area (Å²) in [5, 5.41) is 18.8. The van der Waals surface area contributed by atoms with Gasteiger partial charge in [0.2, 0.25) is 0 Å². The summed E-state index contributed by atoms with van der Waals surface area (Å²) in [7, 11) is 0. The fraction of sp³-hybridized carbons (Fsp3) is 0.133. The van der Waals surface area contributed by atoms with Gasteiger partial charge in [0.05, 0.1) is 5.56 Å². The first-order chi connectivity index (χ1) is 9.65. The molecule has 5 heteroatoms. The fourth-order valence-corrected chi connectivity index (χ4v) is 2.12. The van der Waals surface area contributed by atoms with Crippen molar-refractivity contribution >= 4 is 5.97 Å². The highest BCUT2D eigenvalue weighted by Gasteiger charge is 2.14. The Morgan fingerprint density at radius 2 is 1.75 bits per heavy atom. The van der Waals surface area contributed by atoms with Gasteiger partial charge in [0, 0.05) is 5.56 Å². The topological polar surface area (TPSA) is 76.0 Å². The van der Waals surface area contributed by atoms with Crippen molar-refractivity contribution in [2.75, 3.05) is 13.2 Å². The number of rotatable bonds is 2. The molecule has 0 spiro atoms. The van der Waals surface area contributed by atoms with E-state index in [9.17, 15) is 9.90 Å². The Balaban J connectivity index is 2.02. The number of ether oxygens (including phenoxy) is 2. The van der Waals surface area contributed by atoms with Gasteiger partial charge in [-0.05, 0) is 35.9 Å². The molecule has 2 N–H and O–H groups in total. The number of carboxylic acid groups (broad SMARTS) is 1. The third-order valence-electron chi connectivity index (χ3n) is 3.10. The number of hydrogen-bond donors (Lipinski definition) is 2. The van der Waals surface area contributed by atoms with Gasteiger partial charge in [-0.1, -0.05) is 6.07 Å². The van der Waals surface area contributed by atoms with Crippen LogP contribution in [0.2, 0.25) is 0 Å². The Hall–Kier alpha value is -2.69. The van der Waals surface area contributed by atoms with E-state index in [1.54, 1.807) is 24.3 Å². The van der Waals surface area contributed by atoms with Crippen LogP contribution in [0, 0.1) is 0 Å². The number of hydrogen-bond acceptors (Lipinski definition) is 4. The molecular weight excluding hydrogens is 260 g/mol. The predicted molar refractivity (Wildman–Crippen MR) is 71.5 cm³/mol. The van der Waals surface area contributed by atoms with E-state index in [1.165, 1.54) is 12.1 Å². The second kappa shape index (κ2) is 4.77. The summed E-state index contributed by atoms with van der Waals surface area (Å²) in [6.45, 7) is 1.01. The Kier molecular flexibility index (Phi) is 2.95. The largest absolute Gasteiger partial charge is 0.507 e. The van der Waals surface area contributed by atoms with E-state index >= 15 is 0 Å². The van der Waals surface area contributed by atoms with Crippen LogP contribution in [0.25, 0.3) is 11.1 Å². The number of phenols is 1. The van der Waals surface area contributed by atoms with E-state index in [2.05, 4.69) is 0 Å². The van der Waals surface area contributed by atoms with Crippen LogP contribution < -0.4 is 9.47 Å². The first-order valence-electron chi connectivity index (χ1n) is 6.11. The molecule has 5 nitrogen and oxygen atoms in total. The summed E-state index contributed by atoms with van der Waals surface area (Å²) < 4.78 is 10.9. The van der Waals surface area contributed by atoms with Crippen molar-refractivity contribution in [1.29, 1.82) is 0 Å². The minimum atomic E-state index is -1.07. The smallest absolute Gasteiger partial charge is 0.335 e. The number of carbonyl (C=O) groups is 1. The molecule has 0 bridgehead atoms. The molecule has 3 rings (SSSR count). The summed E-state index contributed by atoms with van der Waals surface area (Å²) >= 11 is 0. The van der Waals surface area contributed by atoms with Crippen molar-refractivity contribution in [3.8, 4) is 28.4 Å². The summed E-state index contributed by atoms with van der Waals surface area (Å²) in [4.78, 5) is 10.8. The van der Waals surface area contributed by atoms with Crippen LogP contribution in [0.15, 0.2) is 36.4 Å². The lowest BCUT2D eigenvalue weighted by Gasteiger charge is -2.19. The molecule has 0 atom stereocenters. The lowest BCUT2D eigenvalue weighted by atomic mass is 10.0. The molecule has 0 saturated carbocycles. The highest BCUT2D eigenvalue weighted by atomic mass is 16.6. The third kappa shape index (κ3) is 2.14. The predicted octanol–water partition coefficient (Wildman–Crippen LogP) is 2.53. The maximum Gasteiger partial charge on any atom is 0.335 e. The maximum atomic E-state index is 10.8. The van der Waals surface area contributed by atoms with Gasteiger partial charge in [-0.15, -0.1) is 0 Å². The summed E-state index contributed by atoms with van der Waals surface area (Å²) in [6, 6.07) is 9.59. The van der Waals surface area contributed by atoms with Crippen LogP contribution >= 0.6 is 0 Å². The SMILES string of the molecule is O=C(O)c1ccc(-c2ccc3c(c2)OCCO3)c(O)c1. The molecule has 0 radical (unpaired) electrons. The van der Waals surface area contributed by atoms with E-state index in [4.69, 9.17) is 14.6 Å². The molecule has 0 saturated heterocycles. The Morgan fingerprint density at radius 3 is 2.45 bits per heavy atom. The molecule has 0 amide bonds. The van der Waals surface area contributed by atoms with Gasteiger partial charge in [-0.25, -0.2) is 4.79 Å². The van der Waals surface area contributed by atoms with Crippen molar-refractivity contribution in [2.24, 2.45) is 0 Å². The Labute approximate surface area is 115 Å². The molecule has 1 heterocycles. The maximum absolute atomic E-state index is 10.8. The molecule has 2 aromatic carbocycles. The van der Waals surface area contributed by atoms with E-state index in [0.29, 0.717) is 30.3 Å². The molecule has 1 aliphatic rings. The summed E-state index contributed by atoms with van der Waals surface area (Å²) in [5.41, 5.74) is 1.33. The summed E-state index contributed by atoms with van der Waals surface area (Å²) in [5.74, 6) is 0.132. The van der Waals surface area contributed by atoms with Gasteiger partial charge in [0.25, 0.3) is 0 Å². The van der Waals surface area contributed by atoms with Gasteiger partial charge in [0.15, 0.2) is 11.5 Å². The first-order valence-corrected chi connectivity index (χ1v) is 6.11. The standard InChI is InChI=1S/C15H12O5/c16-12-7-10(15(17)18)1-3-11(12)9-2-4-13-14(8-9)20-6-5-19-13/h1-4,7-8,16H,5-6H2,(H,17,18).